The van der Waals surface area contributed by atoms with Gasteiger partial charge in [0.15, 0.2) is 0 Å². The number of thiazole rings is 1. The summed E-state index contributed by atoms with van der Waals surface area (Å²) in [5.41, 5.74) is 11.1. The number of nitrogens with two attached hydrogens (primary N) is 1. The van der Waals surface area contributed by atoms with E-state index in [1.54, 1.807) is 11.3 Å². The minimum atomic E-state index is 0.829. The van der Waals surface area contributed by atoms with Crippen molar-refractivity contribution in [2.45, 2.75) is 0 Å². The van der Waals surface area contributed by atoms with Crippen molar-refractivity contribution in [1.82, 2.24) is 14.8 Å². The molecule has 1 aromatic carbocycles. The Morgan fingerprint density at radius 3 is 2.71 bits per heavy atom. The topological polar surface area (TPSA) is 48.6 Å². The summed E-state index contributed by atoms with van der Waals surface area (Å²) in [4.78, 5) is 11.5. The molecule has 1 saturated heterocycles. The van der Waals surface area contributed by atoms with Gasteiger partial charge in [-0.05, 0) is 26.2 Å². The number of piperazine rings is 1. The molecule has 2 N–H and O–H groups in total. The lowest BCUT2D eigenvalue weighted by atomic mass is 10.2. The van der Waals surface area contributed by atoms with Gasteiger partial charge in [0.25, 0.3) is 0 Å². The number of hydrogen-bond donors (Lipinski definition) is 1. The third kappa shape index (κ3) is 3.12. The van der Waals surface area contributed by atoms with Crippen LogP contribution in [0.2, 0.25) is 0 Å². The molecule has 0 saturated carbocycles. The van der Waals surface area contributed by atoms with Crippen molar-refractivity contribution >= 4 is 32.9 Å². The molecule has 21 heavy (non-hydrogen) atoms. The van der Waals surface area contributed by atoms with Gasteiger partial charge in [-0.1, -0.05) is 0 Å². The van der Waals surface area contributed by atoms with Gasteiger partial charge in [-0.2, -0.15) is 0 Å². The third-order valence-electron chi connectivity index (χ3n) is 4.09. The first kappa shape index (κ1) is 14.6. The average molecular weight is 305 g/mol. The highest BCUT2D eigenvalue weighted by atomic mass is 32.1. The SMILES string of the molecule is CN(C)CCN1CCN(c2ccc3scnc3c2N)CC1. The number of fused-ring (bicyclic) bond motifs is 1. The number of rotatable bonds is 4. The Labute approximate surface area is 130 Å². The fraction of sp³-hybridized carbons (Fsp3) is 0.533. The normalized spacial score (nSPS) is 17.0. The summed E-state index contributed by atoms with van der Waals surface area (Å²) in [6, 6.07) is 4.28. The molecule has 1 aliphatic heterocycles. The van der Waals surface area contributed by atoms with E-state index in [0.29, 0.717) is 0 Å². The zero-order valence-corrected chi connectivity index (χ0v) is 13.6. The number of aromatic nitrogens is 1. The number of nitrogen functional groups attached to an aromatic ring is 1. The van der Waals surface area contributed by atoms with Gasteiger partial charge in [0.2, 0.25) is 0 Å². The van der Waals surface area contributed by atoms with Crippen LogP contribution in [0, 0.1) is 0 Å². The molecule has 2 aromatic rings. The Kier molecular flexibility index (Phi) is 4.28. The zero-order valence-electron chi connectivity index (χ0n) is 12.7. The molecule has 1 aromatic heterocycles. The standard InChI is InChI=1S/C15H23N5S/c1-18(2)5-6-19-7-9-20(10-8-19)12-3-4-13-15(14(12)16)17-11-21-13/h3-4,11H,5-10,16H2,1-2H3. The Bertz CT molecular complexity index is 601. The minimum absolute atomic E-state index is 0.829. The maximum Gasteiger partial charge on any atom is 0.106 e. The van der Waals surface area contributed by atoms with E-state index in [-0.39, 0.29) is 0 Å². The summed E-state index contributed by atoms with van der Waals surface area (Å²) in [5.74, 6) is 0. The van der Waals surface area contributed by atoms with Crippen molar-refractivity contribution in [2.24, 2.45) is 0 Å². The van der Waals surface area contributed by atoms with E-state index in [1.807, 2.05) is 5.51 Å². The molecule has 0 radical (unpaired) electrons. The summed E-state index contributed by atoms with van der Waals surface area (Å²) in [6.07, 6.45) is 0. The molecule has 5 nitrogen and oxygen atoms in total. The molecule has 0 unspecified atom stereocenters. The second-order valence-electron chi connectivity index (χ2n) is 5.83. The Morgan fingerprint density at radius 2 is 2.00 bits per heavy atom. The number of nitrogens with zero attached hydrogens (tertiary/aromatic N) is 4. The van der Waals surface area contributed by atoms with E-state index < -0.39 is 0 Å². The number of likely N-dealkylation sites (N-methyl/N-ethyl adjacent to an activating group) is 1. The van der Waals surface area contributed by atoms with E-state index in [1.165, 1.54) is 4.70 Å². The summed E-state index contributed by atoms with van der Waals surface area (Å²) in [7, 11) is 4.25. The van der Waals surface area contributed by atoms with E-state index in [2.05, 4.69) is 45.9 Å². The van der Waals surface area contributed by atoms with Crippen LogP contribution in [0.1, 0.15) is 0 Å². The fourth-order valence-corrected chi connectivity index (χ4v) is 3.46. The Hall–Kier alpha value is -1.37. The first-order chi connectivity index (χ1) is 10.1. The lowest BCUT2D eigenvalue weighted by Crippen LogP contribution is -2.48. The molecule has 0 atom stereocenters. The monoisotopic (exact) mass is 305 g/mol. The summed E-state index contributed by atoms with van der Waals surface area (Å²) >= 11 is 1.64. The average Bonchev–Trinajstić information content (AvgIpc) is 2.96. The van der Waals surface area contributed by atoms with Crippen LogP contribution < -0.4 is 10.6 Å². The summed E-state index contributed by atoms with van der Waals surface area (Å²) in [6.45, 7) is 6.53. The highest BCUT2D eigenvalue weighted by Crippen LogP contribution is 2.32. The largest absolute Gasteiger partial charge is 0.395 e. The van der Waals surface area contributed by atoms with Gasteiger partial charge in [0.1, 0.15) is 5.52 Å². The van der Waals surface area contributed by atoms with Crippen molar-refractivity contribution < 1.29 is 0 Å². The third-order valence-corrected chi connectivity index (χ3v) is 4.89. The quantitative estimate of drug-likeness (QED) is 0.869. The van der Waals surface area contributed by atoms with Crippen molar-refractivity contribution in [3.8, 4) is 0 Å². The predicted octanol–water partition coefficient (Wildman–Crippen LogP) is 1.56. The number of anilines is 2. The van der Waals surface area contributed by atoms with Crippen molar-refractivity contribution in [3.63, 3.8) is 0 Å². The number of benzene rings is 1. The molecular formula is C15H23N5S. The molecule has 6 heteroatoms. The van der Waals surface area contributed by atoms with Gasteiger partial charge in [0, 0.05) is 39.3 Å². The molecule has 0 aliphatic carbocycles. The van der Waals surface area contributed by atoms with Gasteiger partial charge >= 0.3 is 0 Å². The van der Waals surface area contributed by atoms with Crippen molar-refractivity contribution in [3.05, 3.63) is 17.6 Å². The van der Waals surface area contributed by atoms with Gasteiger partial charge in [-0.25, -0.2) is 4.98 Å². The Balaban J connectivity index is 1.67. The van der Waals surface area contributed by atoms with Gasteiger partial charge in [-0.3, -0.25) is 4.90 Å². The molecule has 0 spiro atoms. The van der Waals surface area contributed by atoms with E-state index in [0.717, 1.165) is 56.2 Å². The van der Waals surface area contributed by atoms with Crippen LogP contribution in [0.5, 0.6) is 0 Å². The fourth-order valence-electron chi connectivity index (χ4n) is 2.77. The van der Waals surface area contributed by atoms with E-state index >= 15 is 0 Å². The molecule has 2 heterocycles. The number of hydrogen-bond acceptors (Lipinski definition) is 6. The molecule has 0 amide bonds. The first-order valence-electron chi connectivity index (χ1n) is 7.39. The van der Waals surface area contributed by atoms with Crippen LogP contribution in [0.3, 0.4) is 0 Å². The van der Waals surface area contributed by atoms with Crippen LogP contribution >= 0.6 is 11.3 Å². The van der Waals surface area contributed by atoms with E-state index in [4.69, 9.17) is 5.73 Å². The van der Waals surface area contributed by atoms with Crippen LogP contribution in [0.4, 0.5) is 11.4 Å². The molecule has 1 aliphatic rings. The van der Waals surface area contributed by atoms with Gasteiger partial charge in [0.05, 0.1) is 21.6 Å². The molecule has 0 bridgehead atoms. The van der Waals surface area contributed by atoms with Crippen LogP contribution in [-0.2, 0) is 0 Å². The van der Waals surface area contributed by atoms with E-state index in [9.17, 15) is 0 Å². The van der Waals surface area contributed by atoms with Crippen molar-refractivity contribution in [2.75, 3.05) is 64.0 Å². The van der Waals surface area contributed by atoms with Gasteiger partial charge < -0.3 is 15.5 Å². The summed E-state index contributed by atoms with van der Waals surface area (Å²) < 4.78 is 1.17. The van der Waals surface area contributed by atoms with Crippen LogP contribution in [0.25, 0.3) is 10.2 Å². The smallest absolute Gasteiger partial charge is 0.106 e. The highest BCUT2D eigenvalue weighted by molar-refractivity contribution is 7.16. The lowest BCUT2D eigenvalue weighted by molar-refractivity contribution is 0.229. The van der Waals surface area contributed by atoms with Crippen molar-refractivity contribution in [1.29, 1.82) is 0 Å². The van der Waals surface area contributed by atoms with Gasteiger partial charge in [-0.15, -0.1) is 11.3 Å². The zero-order chi connectivity index (χ0) is 14.8. The maximum atomic E-state index is 6.31. The Morgan fingerprint density at radius 1 is 1.24 bits per heavy atom. The highest BCUT2D eigenvalue weighted by Gasteiger charge is 2.19. The lowest BCUT2D eigenvalue weighted by Gasteiger charge is -2.37. The van der Waals surface area contributed by atoms with Crippen LogP contribution in [0.15, 0.2) is 17.6 Å². The maximum absolute atomic E-state index is 6.31. The predicted molar refractivity (Wildman–Crippen MR) is 91.2 cm³/mol. The minimum Gasteiger partial charge on any atom is -0.395 e. The second-order valence-corrected chi connectivity index (χ2v) is 6.72. The first-order valence-corrected chi connectivity index (χ1v) is 8.27. The molecule has 1 fully saturated rings. The molecule has 3 rings (SSSR count). The molecule has 114 valence electrons. The second kappa shape index (κ2) is 6.17. The molecular weight excluding hydrogens is 282 g/mol. The van der Waals surface area contributed by atoms with Crippen LogP contribution in [-0.4, -0.2) is 68.1 Å². The summed E-state index contributed by atoms with van der Waals surface area (Å²) in [5, 5.41) is 0.